The maximum atomic E-state index is 4.69. The highest BCUT2D eigenvalue weighted by Crippen LogP contribution is 2.45. The Morgan fingerprint density at radius 2 is 1.36 bits per heavy atom. The molecular weight excluding hydrogens is 170 g/mol. The molecular formula is C13H19N. The molecule has 2 unspecified atom stereocenters. The highest BCUT2D eigenvalue weighted by atomic mass is 14.8. The SMILES string of the molecule is CC(C)C1c2cccc(n2)C1C(C)C. The van der Waals surface area contributed by atoms with Crippen LogP contribution in [0.5, 0.6) is 0 Å². The van der Waals surface area contributed by atoms with Crippen LogP contribution in [0.4, 0.5) is 0 Å². The topological polar surface area (TPSA) is 12.9 Å². The third kappa shape index (κ3) is 1.35. The molecule has 1 nitrogen and oxygen atoms in total. The van der Waals surface area contributed by atoms with Crippen molar-refractivity contribution in [2.45, 2.75) is 39.5 Å². The van der Waals surface area contributed by atoms with Crippen LogP contribution in [-0.2, 0) is 0 Å². The molecule has 0 spiro atoms. The van der Waals surface area contributed by atoms with E-state index in [9.17, 15) is 0 Å². The van der Waals surface area contributed by atoms with E-state index in [0.717, 1.165) is 0 Å². The normalized spacial score (nSPS) is 25.0. The van der Waals surface area contributed by atoms with Crippen molar-refractivity contribution >= 4 is 0 Å². The van der Waals surface area contributed by atoms with Gasteiger partial charge >= 0.3 is 0 Å². The average molecular weight is 189 g/mol. The smallest absolute Gasteiger partial charge is 0.0447 e. The molecule has 0 aliphatic carbocycles. The molecule has 0 radical (unpaired) electrons. The molecule has 2 atom stereocenters. The fraction of sp³-hybridized carbons (Fsp3) is 0.615. The molecule has 1 heteroatoms. The Balaban J connectivity index is 2.40. The molecule has 76 valence electrons. The standard InChI is InChI=1S/C13H19N/c1-8(2)12-10-6-5-7-11(14-10)13(12)9(3)4/h5-9,12-13H,1-4H3. The minimum atomic E-state index is 0.639. The van der Waals surface area contributed by atoms with Crippen molar-refractivity contribution < 1.29 is 0 Å². The van der Waals surface area contributed by atoms with Gasteiger partial charge in [-0.25, -0.2) is 0 Å². The molecule has 0 amide bonds. The van der Waals surface area contributed by atoms with Gasteiger partial charge in [-0.2, -0.15) is 0 Å². The fourth-order valence-electron chi connectivity index (χ4n) is 2.72. The second kappa shape index (κ2) is 3.38. The largest absolute Gasteiger partial charge is 0.257 e. The number of hydrogen-bond acceptors (Lipinski definition) is 1. The van der Waals surface area contributed by atoms with Crippen LogP contribution in [0.15, 0.2) is 18.2 Å². The van der Waals surface area contributed by atoms with E-state index in [1.165, 1.54) is 11.4 Å². The molecule has 1 aromatic rings. The molecule has 0 saturated heterocycles. The Kier molecular flexibility index (Phi) is 2.34. The van der Waals surface area contributed by atoms with Gasteiger partial charge in [0, 0.05) is 23.2 Å². The van der Waals surface area contributed by atoms with Crippen LogP contribution < -0.4 is 0 Å². The maximum absolute atomic E-state index is 4.69. The minimum Gasteiger partial charge on any atom is -0.257 e. The van der Waals surface area contributed by atoms with Crippen molar-refractivity contribution in [3.63, 3.8) is 0 Å². The van der Waals surface area contributed by atoms with Gasteiger partial charge in [-0.3, -0.25) is 4.98 Å². The van der Waals surface area contributed by atoms with Crippen LogP contribution in [0.3, 0.4) is 0 Å². The van der Waals surface area contributed by atoms with Crippen LogP contribution in [0.1, 0.15) is 50.9 Å². The molecule has 2 rings (SSSR count). The quantitative estimate of drug-likeness (QED) is 0.693. The first-order chi connectivity index (χ1) is 6.61. The summed E-state index contributed by atoms with van der Waals surface area (Å²) in [7, 11) is 0. The van der Waals surface area contributed by atoms with Crippen LogP contribution >= 0.6 is 0 Å². The van der Waals surface area contributed by atoms with Gasteiger partial charge in [0.1, 0.15) is 0 Å². The molecule has 2 heterocycles. The van der Waals surface area contributed by atoms with Gasteiger partial charge in [0.05, 0.1) is 0 Å². The Morgan fingerprint density at radius 3 is 1.71 bits per heavy atom. The van der Waals surface area contributed by atoms with Crippen LogP contribution in [0, 0.1) is 11.8 Å². The summed E-state index contributed by atoms with van der Waals surface area (Å²) >= 11 is 0. The van der Waals surface area contributed by atoms with Crippen molar-refractivity contribution in [1.29, 1.82) is 0 Å². The molecule has 0 fully saturated rings. The summed E-state index contributed by atoms with van der Waals surface area (Å²) in [6.45, 7) is 9.21. The number of rotatable bonds is 2. The predicted molar refractivity (Wildman–Crippen MR) is 59.4 cm³/mol. The zero-order chi connectivity index (χ0) is 10.3. The van der Waals surface area contributed by atoms with Gasteiger partial charge in [-0.1, -0.05) is 33.8 Å². The number of fused-ring (bicyclic) bond motifs is 2. The van der Waals surface area contributed by atoms with Gasteiger partial charge in [0.2, 0.25) is 0 Å². The highest BCUT2D eigenvalue weighted by molar-refractivity contribution is 5.29. The fourth-order valence-corrected chi connectivity index (χ4v) is 2.72. The second-order valence-electron chi connectivity index (χ2n) is 5.03. The van der Waals surface area contributed by atoms with Gasteiger partial charge < -0.3 is 0 Å². The molecule has 0 saturated carbocycles. The summed E-state index contributed by atoms with van der Waals surface area (Å²) in [5.41, 5.74) is 2.60. The third-order valence-electron chi connectivity index (χ3n) is 3.30. The van der Waals surface area contributed by atoms with Crippen LogP contribution in [-0.4, -0.2) is 4.98 Å². The molecule has 1 aliphatic heterocycles. The van der Waals surface area contributed by atoms with E-state index in [-0.39, 0.29) is 0 Å². The first-order valence-electron chi connectivity index (χ1n) is 5.58. The number of aromatic nitrogens is 1. The number of nitrogens with zero attached hydrogens (tertiary/aromatic N) is 1. The molecule has 14 heavy (non-hydrogen) atoms. The summed E-state index contributed by atoms with van der Waals surface area (Å²) in [5.74, 6) is 2.66. The van der Waals surface area contributed by atoms with Crippen molar-refractivity contribution in [2.75, 3.05) is 0 Å². The van der Waals surface area contributed by atoms with Crippen LogP contribution in [0.2, 0.25) is 0 Å². The van der Waals surface area contributed by atoms with Crippen molar-refractivity contribution in [3.05, 3.63) is 29.6 Å². The Hall–Kier alpha value is -0.850. The number of hydrogen-bond donors (Lipinski definition) is 0. The lowest BCUT2D eigenvalue weighted by Crippen LogP contribution is -2.16. The zero-order valence-corrected chi connectivity index (χ0v) is 9.49. The van der Waals surface area contributed by atoms with Gasteiger partial charge in [0.15, 0.2) is 0 Å². The van der Waals surface area contributed by atoms with Crippen molar-refractivity contribution in [2.24, 2.45) is 11.8 Å². The third-order valence-corrected chi connectivity index (χ3v) is 3.30. The molecule has 1 aliphatic rings. The molecule has 2 bridgehead atoms. The van der Waals surface area contributed by atoms with E-state index in [0.29, 0.717) is 23.7 Å². The monoisotopic (exact) mass is 189 g/mol. The van der Waals surface area contributed by atoms with Crippen molar-refractivity contribution in [3.8, 4) is 0 Å². The predicted octanol–water partition coefficient (Wildman–Crippen LogP) is 3.57. The first-order valence-corrected chi connectivity index (χ1v) is 5.58. The van der Waals surface area contributed by atoms with Crippen molar-refractivity contribution in [1.82, 2.24) is 4.98 Å². The summed E-state index contributed by atoms with van der Waals surface area (Å²) in [6.07, 6.45) is 0. The molecule has 0 aromatic carbocycles. The van der Waals surface area contributed by atoms with Crippen LogP contribution in [0.25, 0.3) is 0 Å². The lowest BCUT2D eigenvalue weighted by Gasteiger charge is -2.25. The average Bonchev–Trinajstić information content (AvgIpc) is 2.37. The lowest BCUT2D eigenvalue weighted by atomic mass is 9.76. The van der Waals surface area contributed by atoms with E-state index in [4.69, 9.17) is 4.98 Å². The Morgan fingerprint density at radius 1 is 0.929 bits per heavy atom. The second-order valence-corrected chi connectivity index (χ2v) is 5.03. The maximum Gasteiger partial charge on any atom is 0.0447 e. The first kappa shape index (κ1) is 9.70. The lowest BCUT2D eigenvalue weighted by molar-refractivity contribution is 0.362. The summed E-state index contributed by atoms with van der Waals surface area (Å²) in [5, 5.41) is 0. The Labute approximate surface area is 86.6 Å². The summed E-state index contributed by atoms with van der Waals surface area (Å²) < 4.78 is 0. The van der Waals surface area contributed by atoms with Gasteiger partial charge in [0.25, 0.3) is 0 Å². The Bertz CT molecular complexity index is 299. The highest BCUT2D eigenvalue weighted by Gasteiger charge is 2.36. The van der Waals surface area contributed by atoms with E-state index >= 15 is 0 Å². The minimum absolute atomic E-state index is 0.639. The summed E-state index contributed by atoms with van der Waals surface area (Å²) in [4.78, 5) is 4.69. The van der Waals surface area contributed by atoms with E-state index < -0.39 is 0 Å². The van der Waals surface area contributed by atoms with E-state index in [1.807, 2.05) is 0 Å². The number of pyridine rings is 1. The molecule has 0 N–H and O–H groups in total. The van der Waals surface area contributed by atoms with E-state index in [2.05, 4.69) is 45.9 Å². The zero-order valence-electron chi connectivity index (χ0n) is 9.49. The molecule has 1 aromatic heterocycles. The van der Waals surface area contributed by atoms with E-state index in [1.54, 1.807) is 0 Å². The van der Waals surface area contributed by atoms with Gasteiger partial charge in [-0.05, 0) is 24.0 Å². The van der Waals surface area contributed by atoms with Gasteiger partial charge in [-0.15, -0.1) is 0 Å². The summed E-state index contributed by atoms with van der Waals surface area (Å²) in [6, 6.07) is 6.50.